The molecule has 0 amide bonds. The van der Waals surface area contributed by atoms with Crippen molar-refractivity contribution in [1.29, 1.82) is 0 Å². The minimum absolute atomic E-state index is 0.360. The maximum Gasteiger partial charge on any atom is 0.231 e. The largest absolute Gasteiger partial charge is 0.457 e. The van der Waals surface area contributed by atoms with E-state index in [0.717, 1.165) is 23.0 Å². The van der Waals surface area contributed by atoms with Gasteiger partial charge in [0.05, 0.1) is 0 Å². The molecule has 1 saturated carbocycles. The lowest BCUT2D eigenvalue weighted by molar-refractivity contribution is 0.174. The fourth-order valence-electron chi connectivity index (χ4n) is 5.80. The molecule has 1 heterocycles. The Morgan fingerprint density at radius 1 is 0.221 bits per heavy atom. The summed E-state index contributed by atoms with van der Waals surface area (Å²) < 4.78 is 15.7. The first-order valence-electron chi connectivity index (χ1n) is 31.5. The summed E-state index contributed by atoms with van der Waals surface area (Å²) in [5, 5.41) is 2.62. The van der Waals surface area contributed by atoms with Crippen LogP contribution in [-0.2, 0) is 0 Å². The number of ether oxygens (including phenoxy) is 3. The van der Waals surface area contributed by atoms with Gasteiger partial charge < -0.3 is 14.2 Å². The summed E-state index contributed by atoms with van der Waals surface area (Å²) in [6.07, 6.45) is 9.00. The fraction of sp³-hybridized carbons (Fsp3) is 0.446. The van der Waals surface area contributed by atoms with Gasteiger partial charge in [-0.3, -0.25) is 0 Å². The summed E-state index contributed by atoms with van der Waals surface area (Å²) >= 11 is 0. The monoisotopic (exact) mass is 1170 g/mol. The van der Waals surface area contributed by atoms with Crippen LogP contribution in [0.5, 0.6) is 23.0 Å². The Balaban J connectivity index is 0. The molecule has 86 heavy (non-hydrogen) atoms. The van der Waals surface area contributed by atoms with Crippen molar-refractivity contribution >= 4 is 10.8 Å². The average molecular weight is 1170 g/mol. The van der Waals surface area contributed by atoms with Gasteiger partial charge >= 0.3 is 0 Å². The van der Waals surface area contributed by atoms with Gasteiger partial charge in [-0.2, -0.15) is 0 Å². The van der Waals surface area contributed by atoms with Crippen LogP contribution in [0.4, 0.5) is 0 Å². The van der Waals surface area contributed by atoms with Crippen LogP contribution in [0.2, 0.25) is 0 Å². The summed E-state index contributed by atoms with van der Waals surface area (Å²) in [4.78, 5) is 0. The number of hydrogen-bond donors (Lipinski definition) is 0. The van der Waals surface area contributed by atoms with E-state index in [1.165, 1.54) is 60.4 Å². The van der Waals surface area contributed by atoms with E-state index in [1.54, 1.807) is 0 Å². The quantitative estimate of drug-likeness (QED) is 0.176. The molecule has 474 valence electrons. The third-order valence-electron chi connectivity index (χ3n) is 8.71. The molecule has 0 atom stereocenters. The van der Waals surface area contributed by atoms with Crippen molar-refractivity contribution in [1.82, 2.24) is 0 Å². The zero-order valence-electron chi connectivity index (χ0n) is 59.1. The van der Waals surface area contributed by atoms with E-state index < -0.39 is 0 Å². The lowest BCUT2D eigenvalue weighted by atomic mass is 10.0. The third-order valence-corrected chi connectivity index (χ3v) is 8.71. The van der Waals surface area contributed by atoms with Crippen molar-refractivity contribution in [3.8, 4) is 34.1 Å². The predicted molar refractivity (Wildman–Crippen MR) is 386 cm³/mol. The molecule has 1 aliphatic heterocycles. The van der Waals surface area contributed by atoms with Gasteiger partial charge in [0.1, 0.15) is 11.5 Å². The summed E-state index contributed by atoms with van der Waals surface area (Å²) in [7, 11) is 0. The minimum Gasteiger partial charge on any atom is -0.457 e. The highest BCUT2D eigenvalue weighted by Crippen LogP contribution is 2.30. The third kappa shape index (κ3) is 69.9. The van der Waals surface area contributed by atoms with Crippen molar-refractivity contribution in [3.63, 3.8) is 0 Å². The van der Waals surface area contributed by atoms with E-state index in [2.05, 4.69) is 263 Å². The smallest absolute Gasteiger partial charge is 0.231 e. The summed E-state index contributed by atoms with van der Waals surface area (Å²) in [5.74, 6) is 3.43. The molecule has 8 aromatic carbocycles. The molecule has 0 radical (unpaired) electrons. The summed E-state index contributed by atoms with van der Waals surface area (Å²) in [6, 6.07) is 76.6. The van der Waals surface area contributed by atoms with Crippen LogP contribution < -0.4 is 14.2 Å². The lowest BCUT2D eigenvalue weighted by Crippen LogP contribution is -1.93. The number of benzene rings is 8. The second-order valence-corrected chi connectivity index (χ2v) is 30.9. The van der Waals surface area contributed by atoms with Crippen molar-refractivity contribution in [2.75, 3.05) is 6.79 Å². The van der Waals surface area contributed by atoms with E-state index in [0.29, 0.717) is 39.3 Å². The normalized spacial score (nSPS) is 11.8. The van der Waals surface area contributed by atoms with Gasteiger partial charge in [-0.15, -0.1) is 0 Å². The molecular weight excluding hydrogens is 1040 g/mol. The molecule has 0 aromatic heterocycles. The Morgan fingerprint density at radius 3 is 0.593 bits per heavy atom. The van der Waals surface area contributed by atoms with Gasteiger partial charge in [0.25, 0.3) is 0 Å². The molecule has 10 rings (SSSR count). The van der Waals surface area contributed by atoms with Gasteiger partial charge in [0.2, 0.25) is 6.79 Å². The highest BCUT2D eigenvalue weighted by Gasteiger charge is 2.09. The van der Waals surface area contributed by atoms with Gasteiger partial charge in [0.15, 0.2) is 11.5 Å². The Morgan fingerprint density at radius 2 is 0.384 bits per heavy atom. The van der Waals surface area contributed by atoms with Gasteiger partial charge in [-0.25, -0.2) is 0 Å². The van der Waals surface area contributed by atoms with Gasteiger partial charge in [-0.05, 0) is 90.8 Å². The van der Waals surface area contributed by atoms with E-state index >= 15 is 0 Å². The predicted octanol–water partition coefficient (Wildman–Crippen LogP) is 27.4. The highest BCUT2D eigenvalue weighted by molar-refractivity contribution is 5.82. The number of hydrogen-bond acceptors (Lipinski definition) is 3. The van der Waals surface area contributed by atoms with Gasteiger partial charge in [0, 0.05) is 0 Å². The number of rotatable bonds is 3. The van der Waals surface area contributed by atoms with E-state index in [9.17, 15) is 0 Å². The van der Waals surface area contributed by atoms with Crippen molar-refractivity contribution in [2.45, 2.75) is 205 Å². The first-order chi connectivity index (χ1) is 39.8. The molecule has 2 aliphatic rings. The van der Waals surface area contributed by atoms with Crippen LogP contribution in [0, 0.1) is 32.5 Å². The molecule has 0 unspecified atom stereocenters. The van der Waals surface area contributed by atoms with E-state index in [1.807, 2.05) is 133 Å². The molecule has 0 saturated heterocycles. The SMILES string of the molecule is C1CCCCC1.CC(C)(C)C.CC(C)(C)C.CC(C)(C)C.CC(C)(C)C.CC(C)(C)C.CC(C)(C)C.c1ccc(-c2ccccc2)cc1.c1ccc(Oc2ccccc2)cc1.c1ccc2c(c1)OCO2.c1ccc2ccccc2c1.c1ccccc1. The summed E-state index contributed by atoms with van der Waals surface area (Å²) in [5.41, 5.74) is 5.55. The Kier molecular flexibility index (Phi) is 43.3. The maximum atomic E-state index is 5.58. The Bertz CT molecular complexity index is 2390. The minimum atomic E-state index is 0.360. The lowest BCUT2D eigenvalue weighted by Gasteiger charge is -2.05. The second-order valence-electron chi connectivity index (χ2n) is 30.9. The zero-order chi connectivity index (χ0) is 65.6. The maximum absolute atomic E-state index is 5.58. The first kappa shape index (κ1) is 81.5. The topological polar surface area (TPSA) is 27.7 Å². The van der Waals surface area contributed by atoms with Crippen LogP contribution in [0.25, 0.3) is 21.9 Å². The first-order valence-corrected chi connectivity index (χ1v) is 31.5. The van der Waals surface area contributed by atoms with E-state index in [-0.39, 0.29) is 0 Å². The second kappa shape index (κ2) is 45.7. The molecule has 3 heteroatoms. The molecular formula is C83H124O3. The molecule has 0 bridgehead atoms. The fourth-order valence-corrected chi connectivity index (χ4v) is 5.80. The van der Waals surface area contributed by atoms with Crippen molar-refractivity contribution < 1.29 is 14.2 Å². The standard InChI is InChI=1S/C12H10O.C12H10.C10H8.C7H6O2.C6H12.C6H6.6C5H12/c1-3-7-11(8-4-1)13-12-9-5-2-6-10-12;1-3-7-11(8-4-1)12-9-5-2-6-10-12;1-2-6-10-8-4-3-7-9(10)5-1;1-2-4-7-6(3-1)8-5-9-7;2*1-2-4-6-5-3-1;6*1-5(2,3)4/h1-10H;1-10H;1-8H;1-4H,5H2;1-6H2;1-6H;6*1-4H3. The molecule has 0 N–H and O–H groups in total. The molecule has 3 nitrogen and oxygen atoms in total. The Hall–Kier alpha value is -6.58. The van der Waals surface area contributed by atoms with Crippen LogP contribution in [0.3, 0.4) is 0 Å². The van der Waals surface area contributed by atoms with Gasteiger partial charge in [-0.1, -0.05) is 399 Å². The highest BCUT2D eigenvalue weighted by atomic mass is 16.7. The zero-order valence-corrected chi connectivity index (χ0v) is 59.1. The van der Waals surface area contributed by atoms with Crippen molar-refractivity contribution in [3.05, 3.63) is 231 Å². The Labute approximate surface area is 530 Å². The average Bonchev–Trinajstić information content (AvgIpc) is 3.95. The van der Waals surface area contributed by atoms with Crippen molar-refractivity contribution in [2.24, 2.45) is 32.5 Å². The van der Waals surface area contributed by atoms with E-state index in [4.69, 9.17) is 14.2 Å². The number of para-hydroxylation sites is 4. The molecule has 8 aromatic rings. The van der Waals surface area contributed by atoms with Crippen LogP contribution in [-0.4, -0.2) is 6.79 Å². The molecule has 0 spiro atoms. The molecule has 1 aliphatic carbocycles. The number of fused-ring (bicyclic) bond motifs is 2. The van der Waals surface area contributed by atoms with Crippen LogP contribution in [0.1, 0.15) is 205 Å². The van der Waals surface area contributed by atoms with Crippen LogP contribution >= 0.6 is 0 Å². The summed E-state index contributed by atoms with van der Waals surface area (Å²) in [6.45, 7) is 52.9. The van der Waals surface area contributed by atoms with Crippen LogP contribution in [0.15, 0.2) is 231 Å². The molecule has 1 fully saturated rings.